The Morgan fingerprint density at radius 2 is 2.09 bits per heavy atom. The van der Waals surface area contributed by atoms with Gasteiger partial charge in [0.05, 0.1) is 10.9 Å². The molecule has 0 fully saturated rings. The van der Waals surface area contributed by atoms with E-state index in [1.165, 1.54) is 13.0 Å². The van der Waals surface area contributed by atoms with E-state index in [0.29, 0.717) is 11.1 Å². The summed E-state index contributed by atoms with van der Waals surface area (Å²) in [6, 6.07) is 0.317. The van der Waals surface area contributed by atoms with E-state index in [1.54, 1.807) is 6.20 Å². The lowest BCUT2D eigenvalue weighted by atomic mass is 10.4. The molecule has 0 amide bonds. The molecule has 1 N–H and O–H groups in total. The van der Waals surface area contributed by atoms with Crippen LogP contribution in [0.15, 0.2) is 23.1 Å². The maximum absolute atomic E-state index is 12.2. The van der Waals surface area contributed by atoms with E-state index >= 15 is 0 Å². The first kappa shape index (κ1) is 10.5. The van der Waals surface area contributed by atoms with Gasteiger partial charge in [-0.25, -0.2) is 4.39 Å². The predicted octanol–water partition coefficient (Wildman–Crippen LogP) is 2.94. The normalized spacial score (nSPS) is 14.0. The smallest absolute Gasteiger partial charge is 0.0984 e. The summed E-state index contributed by atoms with van der Waals surface area (Å²) in [6.45, 7) is 5.31. The van der Waals surface area contributed by atoms with E-state index in [-0.39, 0.29) is 5.83 Å². The lowest BCUT2D eigenvalue weighted by Gasteiger charge is -2.02. The molecule has 0 rings (SSSR count). The summed E-state index contributed by atoms with van der Waals surface area (Å²) in [4.78, 5) is 0. The quantitative estimate of drug-likeness (QED) is 0.654. The molecule has 0 aromatic carbocycles. The molecule has 0 aromatic rings. The number of hydrogen-bond donors (Lipinski definition) is 1. The first-order valence-corrected chi connectivity index (χ1v) is 3.85. The molecule has 0 unspecified atom stereocenters. The van der Waals surface area contributed by atoms with Gasteiger partial charge in [-0.15, -0.1) is 0 Å². The zero-order valence-corrected chi connectivity index (χ0v) is 7.74. The van der Waals surface area contributed by atoms with Gasteiger partial charge in [0.25, 0.3) is 0 Å². The summed E-state index contributed by atoms with van der Waals surface area (Å²) in [5, 5.41) is 3.32. The number of hydrogen-bond acceptors (Lipinski definition) is 1. The lowest BCUT2D eigenvalue weighted by Crippen LogP contribution is -2.15. The van der Waals surface area contributed by atoms with Crippen molar-refractivity contribution in [3.8, 4) is 0 Å². The first-order chi connectivity index (χ1) is 5.02. The van der Waals surface area contributed by atoms with E-state index in [0.717, 1.165) is 0 Å². The van der Waals surface area contributed by atoms with Crippen LogP contribution in [0.5, 0.6) is 0 Å². The molecule has 0 heterocycles. The van der Waals surface area contributed by atoms with Crippen LogP contribution in [0.4, 0.5) is 4.39 Å². The molecule has 64 valence electrons. The Morgan fingerprint density at radius 1 is 1.55 bits per heavy atom. The van der Waals surface area contributed by atoms with Gasteiger partial charge in [0.15, 0.2) is 0 Å². The van der Waals surface area contributed by atoms with Crippen LogP contribution in [-0.4, -0.2) is 6.04 Å². The second kappa shape index (κ2) is 5.19. The van der Waals surface area contributed by atoms with E-state index < -0.39 is 0 Å². The highest BCUT2D eigenvalue weighted by atomic mass is 35.5. The number of halogens is 2. The highest BCUT2D eigenvalue weighted by molar-refractivity contribution is 6.31. The first-order valence-electron chi connectivity index (χ1n) is 3.48. The highest BCUT2D eigenvalue weighted by Gasteiger charge is 1.89. The fourth-order valence-electron chi connectivity index (χ4n) is 0.478. The number of rotatable bonds is 3. The zero-order chi connectivity index (χ0) is 8.85. The molecular formula is C8H13ClFN. The van der Waals surface area contributed by atoms with Crippen LogP contribution in [0.2, 0.25) is 0 Å². The lowest BCUT2D eigenvalue weighted by molar-refractivity contribution is 0.639. The molecule has 0 aliphatic heterocycles. The van der Waals surface area contributed by atoms with Crippen molar-refractivity contribution < 1.29 is 4.39 Å². The zero-order valence-electron chi connectivity index (χ0n) is 6.99. The van der Waals surface area contributed by atoms with Crippen molar-refractivity contribution in [3.05, 3.63) is 23.1 Å². The van der Waals surface area contributed by atoms with Crippen LogP contribution in [0.3, 0.4) is 0 Å². The maximum atomic E-state index is 12.2. The fourth-order valence-corrected chi connectivity index (χ4v) is 0.691. The molecule has 0 atom stereocenters. The Kier molecular flexibility index (Phi) is 4.95. The SMILES string of the molecule is C/C(F)=C/C(Cl)=C\NC(C)C. The van der Waals surface area contributed by atoms with Crippen LogP contribution in [0.1, 0.15) is 20.8 Å². The van der Waals surface area contributed by atoms with Gasteiger partial charge < -0.3 is 5.32 Å². The van der Waals surface area contributed by atoms with Crippen molar-refractivity contribution in [2.45, 2.75) is 26.8 Å². The molecule has 0 aliphatic carbocycles. The number of allylic oxidation sites excluding steroid dienone is 3. The summed E-state index contributed by atoms with van der Waals surface area (Å²) < 4.78 is 12.2. The van der Waals surface area contributed by atoms with E-state index in [1.807, 2.05) is 13.8 Å². The van der Waals surface area contributed by atoms with Gasteiger partial charge in [-0.2, -0.15) is 0 Å². The van der Waals surface area contributed by atoms with Crippen LogP contribution in [0, 0.1) is 0 Å². The maximum Gasteiger partial charge on any atom is 0.0984 e. The Hall–Kier alpha value is -0.500. The Labute approximate surface area is 71.9 Å². The molecule has 0 aliphatic rings. The molecule has 0 aromatic heterocycles. The minimum absolute atomic E-state index is 0.295. The summed E-state index contributed by atoms with van der Waals surface area (Å²) in [5.41, 5.74) is 0. The van der Waals surface area contributed by atoms with Gasteiger partial charge in [-0.1, -0.05) is 11.6 Å². The fraction of sp³-hybridized carbons (Fsp3) is 0.500. The third-order valence-corrected chi connectivity index (χ3v) is 1.11. The molecule has 0 spiro atoms. The van der Waals surface area contributed by atoms with E-state index in [2.05, 4.69) is 5.32 Å². The van der Waals surface area contributed by atoms with Gasteiger partial charge >= 0.3 is 0 Å². The van der Waals surface area contributed by atoms with Crippen LogP contribution >= 0.6 is 11.6 Å². The third-order valence-electron chi connectivity index (χ3n) is 0.891. The summed E-state index contributed by atoms with van der Waals surface area (Å²) >= 11 is 5.60. The van der Waals surface area contributed by atoms with Gasteiger partial charge in [0.1, 0.15) is 0 Å². The highest BCUT2D eigenvalue weighted by Crippen LogP contribution is 2.06. The van der Waals surface area contributed by atoms with Crippen LogP contribution in [-0.2, 0) is 0 Å². The average Bonchev–Trinajstić information content (AvgIpc) is 1.82. The van der Waals surface area contributed by atoms with Gasteiger partial charge in [0.2, 0.25) is 0 Å². The van der Waals surface area contributed by atoms with E-state index in [9.17, 15) is 4.39 Å². The minimum atomic E-state index is -0.295. The van der Waals surface area contributed by atoms with Crippen molar-refractivity contribution in [1.29, 1.82) is 0 Å². The van der Waals surface area contributed by atoms with Gasteiger partial charge in [-0.05, 0) is 26.8 Å². The molecule has 11 heavy (non-hydrogen) atoms. The minimum Gasteiger partial charge on any atom is -0.388 e. The van der Waals surface area contributed by atoms with Crippen molar-refractivity contribution in [2.24, 2.45) is 0 Å². The van der Waals surface area contributed by atoms with Crippen molar-refractivity contribution in [2.75, 3.05) is 0 Å². The Morgan fingerprint density at radius 3 is 2.45 bits per heavy atom. The Balaban J connectivity index is 3.92. The summed E-state index contributed by atoms with van der Waals surface area (Å²) in [5.74, 6) is -0.295. The molecule has 0 radical (unpaired) electrons. The van der Waals surface area contributed by atoms with Crippen LogP contribution < -0.4 is 5.32 Å². The molecular weight excluding hydrogens is 165 g/mol. The molecule has 3 heteroatoms. The second-order valence-electron chi connectivity index (χ2n) is 2.58. The number of nitrogens with one attached hydrogen (secondary N) is 1. The third kappa shape index (κ3) is 7.40. The summed E-state index contributed by atoms with van der Waals surface area (Å²) in [6.07, 6.45) is 2.84. The summed E-state index contributed by atoms with van der Waals surface area (Å²) in [7, 11) is 0. The van der Waals surface area contributed by atoms with Crippen molar-refractivity contribution in [3.63, 3.8) is 0 Å². The van der Waals surface area contributed by atoms with E-state index in [4.69, 9.17) is 11.6 Å². The Bertz CT molecular complexity index is 169. The van der Waals surface area contributed by atoms with Crippen LogP contribution in [0.25, 0.3) is 0 Å². The molecule has 0 saturated carbocycles. The monoisotopic (exact) mass is 177 g/mol. The average molecular weight is 178 g/mol. The largest absolute Gasteiger partial charge is 0.388 e. The van der Waals surface area contributed by atoms with Gasteiger partial charge in [-0.3, -0.25) is 0 Å². The van der Waals surface area contributed by atoms with Crippen molar-refractivity contribution >= 4 is 11.6 Å². The molecule has 0 bridgehead atoms. The van der Waals surface area contributed by atoms with Crippen molar-refractivity contribution in [1.82, 2.24) is 5.32 Å². The van der Waals surface area contributed by atoms with Gasteiger partial charge in [0, 0.05) is 12.2 Å². The standard InChI is InChI=1S/C8H13ClFN/c1-6(2)11-5-8(9)4-7(3)10/h4-6,11H,1-3H3/b7-4-,8-5+. The second-order valence-corrected chi connectivity index (χ2v) is 3.02. The molecule has 0 saturated heterocycles. The predicted molar refractivity (Wildman–Crippen MR) is 47.1 cm³/mol. The topological polar surface area (TPSA) is 12.0 Å². The molecule has 1 nitrogen and oxygen atoms in total.